The van der Waals surface area contributed by atoms with Crippen molar-refractivity contribution in [1.29, 1.82) is 0 Å². The van der Waals surface area contributed by atoms with E-state index >= 15 is 0 Å². The van der Waals surface area contributed by atoms with Gasteiger partial charge in [0.1, 0.15) is 17.1 Å². The van der Waals surface area contributed by atoms with Gasteiger partial charge in [-0.1, -0.05) is 19.3 Å². The van der Waals surface area contributed by atoms with Gasteiger partial charge in [0.2, 0.25) is 5.91 Å². The first-order valence-corrected chi connectivity index (χ1v) is 10.6. The lowest BCUT2D eigenvalue weighted by Crippen LogP contribution is -2.43. The fourth-order valence-electron chi connectivity index (χ4n) is 3.99. The molecule has 29 heavy (non-hydrogen) atoms. The average Bonchev–Trinajstić information content (AvgIpc) is 3.18. The first-order chi connectivity index (χ1) is 14.0. The minimum absolute atomic E-state index is 0.134. The van der Waals surface area contributed by atoms with Gasteiger partial charge in [0, 0.05) is 6.04 Å². The van der Waals surface area contributed by atoms with Gasteiger partial charge in [-0.15, -0.1) is 11.3 Å². The van der Waals surface area contributed by atoms with E-state index in [1.165, 1.54) is 40.5 Å². The van der Waals surface area contributed by atoms with Gasteiger partial charge in [-0.25, -0.2) is 13.8 Å². The molecule has 1 aliphatic rings. The molecule has 2 aromatic heterocycles. The molecule has 0 atom stereocenters. The molecule has 0 bridgehead atoms. The highest BCUT2D eigenvalue weighted by atomic mass is 32.1. The number of nitrogens with one attached hydrogen (secondary N) is 1. The number of amides is 1. The molecule has 0 unspecified atom stereocenters. The second-order valence-electron chi connectivity index (χ2n) is 7.48. The minimum atomic E-state index is -0.602. The summed E-state index contributed by atoms with van der Waals surface area (Å²) in [6, 6.07) is 5.72. The summed E-state index contributed by atoms with van der Waals surface area (Å²) in [6.07, 6.45) is 5.26. The van der Waals surface area contributed by atoms with E-state index in [9.17, 15) is 18.8 Å². The number of hydrogen-bond donors (Lipinski definition) is 1. The largest absolute Gasteiger partial charge is 0.352 e. The molecule has 3 aromatic rings. The lowest BCUT2D eigenvalue weighted by atomic mass is 9.95. The van der Waals surface area contributed by atoms with Gasteiger partial charge in [-0.2, -0.15) is 0 Å². The third kappa shape index (κ3) is 3.76. The van der Waals surface area contributed by atoms with E-state index in [-0.39, 0.29) is 18.5 Å². The van der Waals surface area contributed by atoms with Crippen LogP contribution in [0.1, 0.15) is 37.7 Å². The smallest absolute Gasteiger partial charge is 0.336 e. The number of fused-ring (bicyclic) bond motifs is 1. The van der Waals surface area contributed by atoms with E-state index < -0.39 is 17.1 Å². The van der Waals surface area contributed by atoms with Crippen molar-refractivity contribution in [2.75, 3.05) is 0 Å². The van der Waals surface area contributed by atoms with Crippen LogP contribution in [0.15, 0.2) is 39.2 Å². The summed E-state index contributed by atoms with van der Waals surface area (Å²) in [5.74, 6) is -0.684. The number of nitrogens with zero attached hydrogens (tertiary/aromatic N) is 2. The Morgan fingerprint density at radius 2 is 1.97 bits per heavy atom. The maximum atomic E-state index is 13.5. The molecule has 1 aliphatic carbocycles. The second-order valence-corrected chi connectivity index (χ2v) is 8.39. The van der Waals surface area contributed by atoms with Crippen LogP contribution in [0.5, 0.6) is 0 Å². The second kappa shape index (κ2) is 7.94. The molecule has 6 nitrogen and oxygen atoms in total. The predicted octanol–water partition coefficient (Wildman–Crippen LogP) is 3.11. The van der Waals surface area contributed by atoms with Gasteiger partial charge in [0.25, 0.3) is 5.56 Å². The van der Waals surface area contributed by atoms with Gasteiger partial charge in [-0.3, -0.25) is 14.2 Å². The van der Waals surface area contributed by atoms with Crippen LogP contribution in [0.3, 0.4) is 0 Å². The topological polar surface area (TPSA) is 73.1 Å². The van der Waals surface area contributed by atoms with E-state index in [4.69, 9.17) is 0 Å². The highest BCUT2D eigenvalue weighted by molar-refractivity contribution is 7.17. The van der Waals surface area contributed by atoms with Gasteiger partial charge in [0.15, 0.2) is 0 Å². The molecule has 1 saturated carbocycles. The molecule has 1 aromatic carbocycles. The average molecular weight is 415 g/mol. The predicted molar refractivity (Wildman–Crippen MR) is 111 cm³/mol. The molecular weight excluding hydrogens is 393 g/mol. The summed E-state index contributed by atoms with van der Waals surface area (Å²) in [5.41, 5.74) is 0.171. The van der Waals surface area contributed by atoms with Gasteiger partial charge in [0.05, 0.1) is 11.2 Å². The summed E-state index contributed by atoms with van der Waals surface area (Å²) in [4.78, 5) is 38.8. The van der Waals surface area contributed by atoms with Crippen molar-refractivity contribution in [3.05, 3.63) is 61.9 Å². The molecule has 1 amide bonds. The van der Waals surface area contributed by atoms with Crippen LogP contribution in [0, 0.1) is 12.7 Å². The summed E-state index contributed by atoms with van der Waals surface area (Å²) in [7, 11) is 0. The number of hydrogen-bond acceptors (Lipinski definition) is 4. The summed E-state index contributed by atoms with van der Waals surface area (Å²) in [6.45, 7) is 1.48. The highest BCUT2D eigenvalue weighted by Gasteiger charge is 2.20. The third-order valence-electron chi connectivity index (χ3n) is 5.43. The number of rotatable bonds is 4. The maximum Gasteiger partial charge on any atom is 0.336 e. The molecule has 0 aliphatic heterocycles. The molecular formula is C21H22FN3O3S. The summed E-state index contributed by atoms with van der Waals surface area (Å²) < 4.78 is 16.3. The normalized spacial score (nSPS) is 15.0. The highest BCUT2D eigenvalue weighted by Crippen LogP contribution is 2.19. The quantitative estimate of drug-likeness (QED) is 0.712. The van der Waals surface area contributed by atoms with Crippen molar-refractivity contribution in [1.82, 2.24) is 14.5 Å². The Balaban J connectivity index is 1.78. The van der Waals surface area contributed by atoms with E-state index in [1.54, 1.807) is 18.4 Å². The zero-order valence-electron chi connectivity index (χ0n) is 16.1. The Morgan fingerprint density at radius 1 is 1.21 bits per heavy atom. The molecule has 4 rings (SSSR count). The van der Waals surface area contributed by atoms with Gasteiger partial charge in [-0.05, 0) is 55.0 Å². The van der Waals surface area contributed by atoms with Crippen molar-refractivity contribution >= 4 is 27.5 Å². The molecule has 8 heteroatoms. The lowest BCUT2D eigenvalue weighted by molar-refractivity contribution is -0.122. The fraction of sp³-hybridized carbons (Fsp3) is 0.381. The molecule has 1 N–H and O–H groups in total. The van der Waals surface area contributed by atoms with Crippen LogP contribution >= 0.6 is 11.3 Å². The molecule has 152 valence electrons. The molecule has 0 spiro atoms. The van der Waals surface area contributed by atoms with Crippen molar-refractivity contribution in [2.45, 2.75) is 51.6 Å². The number of thiophene rings is 1. The molecule has 0 radical (unpaired) electrons. The van der Waals surface area contributed by atoms with Crippen LogP contribution in [0.25, 0.3) is 15.9 Å². The fourth-order valence-corrected chi connectivity index (χ4v) is 4.81. The van der Waals surface area contributed by atoms with E-state index in [1.807, 2.05) is 0 Å². The Morgan fingerprint density at radius 3 is 2.69 bits per heavy atom. The summed E-state index contributed by atoms with van der Waals surface area (Å²) in [5, 5.41) is 4.74. The monoisotopic (exact) mass is 415 g/mol. The number of carbonyl (C=O) groups excluding carboxylic acids is 1. The maximum absolute atomic E-state index is 13.5. The number of aryl methyl sites for hydroxylation is 1. The standard InChI is InChI=1S/C21H22FN3O3S/c1-13-11-14(22)7-8-16(13)25-20(27)19-17(9-10-29-19)24(21(25)28)12-18(26)23-15-5-3-2-4-6-15/h7-11,15H,2-6,12H2,1H3,(H,23,26). The Bertz CT molecular complexity index is 1190. The van der Waals surface area contributed by atoms with Crippen LogP contribution in [-0.2, 0) is 11.3 Å². The van der Waals surface area contributed by atoms with E-state index in [0.29, 0.717) is 21.5 Å². The van der Waals surface area contributed by atoms with Gasteiger partial charge >= 0.3 is 5.69 Å². The SMILES string of the molecule is Cc1cc(F)ccc1-n1c(=O)c2sccc2n(CC(=O)NC2CCCCC2)c1=O. The van der Waals surface area contributed by atoms with Crippen molar-refractivity contribution in [3.8, 4) is 5.69 Å². The molecule has 1 fully saturated rings. The first-order valence-electron chi connectivity index (χ1n) is 9.74. The summed E-state index contributed by atoms with van der Waals surface area (Å²) >= 11 is 1.22. The number of benzene rings is 1. The van der Waals surface area contributed by atoms with Gasteiger partial charge < -0.3 is 5.32 Å². The van der Waals surface area contributed by atoms with Crippen LogP contribution in [0.4, 0.5) is 4.39 Å². The molecule has 0 saturated heterocycles. The Labute approximate surface area is 170 Å². The lowest BCUT2D eigenvalue weighted by Gasteiger charge is -2.23. The first kappa shape index (κ1) is 19.6. The minimum Gasteiger partial charge on any atom is -0.352 e. The number of carbonyl (C=O) groups is 1. The molecule has 2 heterocycles. The van der Waals surface area contributed by atoms with Crippen molar-refractivity contribution in [2.24, 2.45) is 0 Å². The van der Waals surface area contributed by atoms with E-state index in [0.717, 1.165) is 30.3 Å². The number of aromatic nitrogens is 2. The van der Waals surface area contributed by atoms with Crippen LogP contribution in [-0.4, -0.2) is 21.1 Å². The zero-order chi connectivity index (χ0) is 20.5. The Hall–Kier alpha value is -2.74. The number of halogens is 1. The van der Waals surface area contributed by atoms with Crippen molar-refractivity contribution in [3.63, 3.8) is 0 Å². The zero-order valence-corrected chi connectivity index (χ0v) is 16.9. The van der Waals surface area contributed by atoms with Crippen LogP contribution in [0.2, 0.25) is 0 Å². The third-order valence-corrected chi connectivity index (χ3v) is 6.32. The Kier molecular flexibility index (Phi) is 5.36. The van der Waals surface area contributed by atoms with Crippen LogP contribution < -0.4 is 16.6 Å². The van der Waals surface area contributed by atoms with E-state index in [2.05, 4.69) is 5.32 Å². The van der Waals surface area contributed by atoms with Crippen molar-refractivity contribution < 1.29 is 9.18 Å².